The monoisotopic (exact) mass is 240 g/mol. The van der Waals surface area contributed by atoms with Crippen molar-refractivity contribution in [2.75, 3.05) is 6.54 Å². The second-order valence-electron chi connectivity index (χ2n) is 5.19. The highest BCUT2D eigenvalue weighted by atomic mass is 15.1. The first kappa shape index (κ1) is 11.5. The number of benzene rings is 1. The summed E-state index contributed by atoms with van der Waals surface area (Å²) in [4.78, 5) is 0. The summed E-state index contributed by atoms with van der Waals surface area (Å²) in [6.07, 6.45) is 1.05. The van der Waals surface area contributed by atoms with Gasteiger partial charge in [0, 0.05) is 37.4 Å². The summed E-state index contributed by atoms with van der Waals surface area (Å²) in [6, 6.07) is 11.1. The minimum absolute atomic E-state index is 1.01. The average Bonchev–Trinajstić information content (AvgIpc) is 2.77. The maximum absolute atomic E-state index is 3.42. The first-order valence-corrected chi connectivity index (χ1v) is 6.69. The molecule has 1 aliphatic heterocycles. The zero-order valence-corrected chi connectivity index (χ0v) is 11.2. The molecule has 0 saturated carbocycles. The van der Waals surface area contributed by atoms with E-state index >= 15 is 0 Å². The molecule has 1 N–H and O–H groups in total. The summed E-state index contributed by atoms with van der Waals surface area (Å²) in [6.45, 7) is 7.62. The van der Waals surface area contributed by atoms with E-state index in [1.807, 2.05) is 0 Å². The van der Waals surface area contributed by atoms with Crippen LogP contribution in [0.25, 0.3) is 0 Å². The van der Waals surface area contributed by atoms with Crippen molar-refractivity contribution in [2.45, 2.75) is 33.4 Å². The van der Waals surface area contributed by atoms with Gasteiger partial charge in [-0.25, -0.2) is 0 Å². The SMILES string of the molecule is Cc1cccc(C)c1Cc1ccc2n1CCNC2. The largest absolute Gasteiger partial charge is 0.346 e. The van der Waals surface area contributed by atoms with Crippen LogP contribution in [0.15, 0.2) is 30.3 Å². The minimum atomic E-state index is 1.01. The van der Waals surface area contributed by atoms with Gasteiger partial charge in [0.2, 0.25) is 0 Å². The lowest BCUT2D eigenvalue weighted by Gasteiger charge is -2.20. The molecule has 94 valence electrons. The molecule has 2 nitrogen and oxygen atoms in total. The number of hydrogen-bond acceptors (Lipinski definition) is 1. The number of nitrogens with zero attached hydrogens (tertiary/aromatic N) is 1. The molecule has 0 bridgehead atoms. The Balaban J connectivity index is 1.95. The Bertz CT molecular complexity index is 546. The van der Waals surface area contributed by atoms with E-state index in [1.54, 1.807) is 0 Å². The highest BCUT2D eigenvalue weighted by molar-refractivity contribution is 5.37. The Labute approximate surface area is 109 Å². The van der Waals surface area contributed by atoms with Crippen molar-refractivity contribution in [1.29, 1.82) is 0 Å². The van der Waals surface area contributed by atoms with Crippen LogP contribution in [0.5, 0.6) is 0 Å². The summed E-state index contributed by atoms with van der Waals surface area (Å²) in [5.74, 6) is 0. The third kappa shape index (κ3) is 1.97. The first-order chi connectivity index (χ1) is 8.75. The molecule has 1 aromatic heterocycles. The van der Waals surface area contributed by atoms with Crippen molar-refractivity contribution < 1.29 is 0 Å². The lowest BCUT2D eigenvalue weighted by Crippen LogP contribution is -2.28. The highest BCUT2D eigenvalue weighted by Gasteiger charge is 2.13. The molecule has 0 unspecified atom stereocenters. The van der Waals surface area contributed by atoms with Gasteiger partial charge in [0.05, 0.1) is 0 Å². The number of hydrogen-bond donors (Lipinski definition) is 1. The predicted molar refractivity (Wildman–Crippen MR) is 74.9 cm³/mol. The maximum atomic E-state index is 3.42. The van der Waals surface area contributed by atoms with E-state index < -0.39 is 0 Å². The number of aryl methyl sites for hydroxylation is 2. The zero-order valence-electron chi connectivity index (χ0n) is 11.2. The summed E-state index contributed by atoms with van der Waals surface area (Å²) >= 11 is 0. The van der Waals surface area contributed by atoms with Gasteiger partial charge >= 0.3 is 0 Å². The van der Waals surface area contributed by atoms with E-state index in [2.05, 4.69) is 54.1 Å². The van der Waals surface area contributed by atoms with Gasteiger partial charge in [0.15, 0.2) is 0 Å². The van der Waals surface area contributed by atoms with Crippen LogP contribution in [0.2, 0.25) is 0 Å². The molecular formula is C16H20N2. The maximum Gasteiger partial charge on any atom is 0.0360 e. The Kier molecular flexibility index (Phi) is 2.96. The van der Waals surface area contributed by atoms with E-state index in [0.717, 1.165) is 26.1 Å². The first-order valence-electron chi connectivity index (χ1n) is 6.69. The lowest BCUT2D eigenvalue weighted by molar-refractivity contribution is 0.506. The fourth-order valence-corrected chi connectivity index (χ4v) is 2.87. The number of aromatic nitrogens is 1. The van der Waals surface area contributed by atoms with Crippen LogP contribution >= 0.6 is 0 Å². The zero-order chi connectivity index (χ0) is 12.5. The van der Waals surface area contributed by atoms with Crippen LogP contribution in [0, 0.1) is 13.8 Å². The molecule has 3 rings (SSSR count). The Morgan fingerprint density at radius 1 is 1.11 bits per heavy atom. The van der Waals surface area contributed by atoms with Crippen molar-refractivity contribution in [2.24, 2.45) is 0 Å². The van der Waals surface area contributed by atoms with Crippen LogP contribution in [-0.4, -0.2) is 11.1 Å². The Hall–Kier alpha value is -1.54. The highest BCUT2D eigenvalue weighted by Crippen LogP contribution is 2.20. The van der Waals surface area contributed by atoms with E-state index in [9.17, 15) is 0 Å². The van der Waals surface area contributed by atoms with Crippen molar-refractivity contribution in [3.63, 3.8) is 0 Å². The quantitative estimate of drug-likeness (QED) is 0.854. The Morgan fingerprint density at radius 3 is 2.67 bits per heavy atom. The van der Waals surface area contributed by atoms with Crippen LogP contribution in [0.3, 0.4) is 0 Å². The molecule has 0 aliphatic carbocycles. The van der Waals surface area contributed by atoms with Crippen molar-refractivity contribution in [3.05, 3.63) is 58.4 Å². The van der Waals surface area contributed by atoms with Gasteiger partial charge in [-0.05, 0) is 42.7 Å². The fourth-order valence-electron chi connectivity index (χ4n) is 2.87. The van der Waals surface area contributed by atoms with Gasteiger partial charge in [0.1, 0.15) is 0 Å². The number of rotatable bonds is 2. The third-order valence-electron chi connectivity index (χ3n) is 3.98. The minimum Gasteiger partial charge on any atom is -0.346 e. The van der Waals surface area contributed by atoms with Crippen LogP contribution in [-0.2, 0) is 19.5 Å². The topological polar surface area (TPSA) is 17.0 Å². The second kappa shape index (κ2) is 4.62. The smallest absolute Gasteiger partial charge is 0.0360 e. The van der Waals surface area contributed by atoms with Crippen molar-refractivity contribution >= 4 is 0 Å². The second-order valence-corrected chi connectivity index (χ2v) is 5.19. The number of nitrogens with one attached hydrogen (secondary N) is 1. The van der Waals surface area contributed by atoms with E-state index in [1.165, 1.54) is 28.1 Å². The molecule has 1 aromatic carbocycles. The van der Waals surface area contributed by atoms with E-state index in [4.69, 9.17) is 0 Å². The van der Waals surface area contributed by atoms with Crippen LogP contribution in [0.1, 0.15) is 28.1 Å². The molecule has 2 heterocycles. The number of fused-ring (bicyclic) bond motifs is 1. The van der Waals surface area contributed by atoms with Gasteiger partial charge in [0.25, 0.3) is 0 Å². The molecule has 0 fully saturated rings. The van der Waals surface area contributed by atoms with Crippen molar-refractivity contribution in [3.8, 4) is 0 Å². The molecule has 0 radical (unpaired) electrons. The van der Waals surface area contributed by atoms with E-state index in [-0.39, 0.29) is 0 Å². The molecular weight excluding hydrogens is 220 g/mol. The van der Waals surface area contributed by atoms with Crippen LogP contribution < -0.4 is 5.32 Å². The fraction of sp³-hybridized carbons (Fsp3) is 0.375. The molecule has 0 spiro atoms. The summed E-state index contributed by atoms with van der Waals surface area (Å²) in [5, 5.41) is 3.42. The molecule has 2 aromatic rings. The van der Waals surface area contributed by atoms with Gasteiger partial charge < -0.3 is 9.88 Å². The van der Waals surface area contributed by atoms with Gasteiger partial charge in [-0.1, -0.05) is 18.2 Å². The predicted octanol–water partition coefficient (Wildman–Crippen LogP) is 2.80. The molecule has 0 atom stereocenters. The molecule has 0 saturated heterocycles. The third-order valence-corrected chi connectivity index (χ3v) is 3.98. The lowest BCUT2D eigenvalue weighted by atomic mass is 9.99. The Morgan fingerprint density at radius 2 is 1.89 bits per heavy atom. The summed E-state index contributed by atoms with van der Waals surface area (Å²) in [7, 11) is 0. The standard InChI is InChI=1S/C16H20N2/c1-12-4-3-5-13(2)16(12)10-14-6-7-15-11-17-8-9-18(14)15/h3-7,17H,8-11H2,1-2H3. The molecule has 0 amide bonds. The van der Waals surface area contributed by atoms with Gasteiger partial charge in [-0.2, -0.15) is 0 Å². The summed E-state index contributed by atoms with van der Waals surface area (Å²) < 4.78 is 2.47. The van der Waals surface area contributed by atoms with Gasteiger partial charge in [-0.15, -0.1) is 0 Å². The van der Waals surface area contributed by atoms with E-state index in [0.29, 0.717) is 0 Å². The molecule has 1 aliphatic rings. The average molecular weight is 240 g/mol. The van der Waals surface area contributed by atoms with Gasteiger partial charge in [-0.3, -0.25) is 0 Å². The summed E-state index contributed by atoms with van der Waals surface area (Å²) in [5.41, 5.74) is 7.15. The molecule has 18 heavy (non-hydrogen) atoms. The van der Waals surface area contributed by atoms with Crippen molar-refractivity contribution in [1.82, 2.24) is 9.88 Å². The van der Waals surface area contributed by atoms with Crippen LogP contribution in [0.4, 0.5) is 0 Å². The normalized spacial score (nSPS) is 14.6. The molecule has 2 heteroatoms.